The van der Waals surface area contributed by atoms with Crippen molar-refractivity contribution in [3.05, 3.63) is 59.9 Å². The summed E-state index contributed by atoms with van der Waals surface area (Å²) < 4.78 is 25.5. The number of hydrogen-bond acceptors (Lipinski definition) is 4. The largest absolute Gasteiger partial charge is 0.352 e. The molecular formula is C19H25N3O3S. The second kappa shape index (κ2) is 9.33. The molecule has 6 nitrogen and oxygen atoms in total. The third-order valence-corrected chi connectivity index (χ3v) is 5.23. The standard InChI is InChI=1S/C19H25N3O3S/c1-3-16-6-8-18(9-7-16)22(26(2,24)25)14-4-5-19(23)21-15-17-10-12-20-13-11-17/h6-13H,3-5,14-15H2,1-2H3,(H,21,23). The van der Waals surface area contributed by atoms with Crippen LogP contribution in [0.3, 0.4) is 0 Å². The van der Waals surface area contributed by atoms with E-state index in [-0.39, 0.29) is 18.9 Å². The molecule has 0 saturated heterocycles. The van der Waals surface area contributed by atoms with Gasteiger partial charge in [0.15, 0.2) is 0 Å². The van der Waals surface area contributed by atoms with Crippen molar-refractivity contribution >= 4 is 21.6 Å². The molecule has 0 aliphatic heterocycles. The zero-order chi connectivity index (χ0) is 19.0. The Hall–Kier alpha value is -2.41. The van der Waals surface area contributed by atoms with Crippen LogP contribution in [0.4, 0.5) is 5.69 Å². The van der Waals surface area contributed by atoms with E-state index in [1.54, 1.807) is 12.4 Å². The molecule has 140 valence electrons. The molecule has 7 heteroatoms. The topological polar surface area (TPSA) is 79.4 Å². The predicted octanol–water partition coefficient (Wildman–Crippen LogP) is 2.51. The van der Waals surface area contributed by atoms with Gasteiger partial charge in [-0.3, -0.25) is 14.1 Å². The van der Waals surface area contributed by atoms with Crippen LogP contribution in [0.2, 0.25) is 0 Å². The second-order valence-electron chi connectivity index (χ2n) is 6.09. The maximum atomic E-state index is 12.1. The number of rotatable bonds is 9. The van der Waals surface area contributed by atoms with Gasteiger partial charge in [0.1, 0.15) is 0 Å². The van der Waals surface area contributed by atoms with Crippen molar-refractivity contribution in [2.45, 2.75) is 32.7 Å². The van der Waals surface area contributed by atoms with Gasteiger partial charge < -0.3 is 5.32 Å². The highest BCUT2D eigenvalue weighted by molar-refractivity contribution is 7.92. The van der Waals surface area contributed by atoms with Gasteiger partial charge in [-0.1, -0.05) is 19.1 Å². The Morgan fingerprint density at radius 2 is 1.73 bits per heavy atom. The summed E-state index contributed by atoms with van der Waals surface area (Å²) in [7, 11) is -3.40. The number of sulfonamides is 1. The number of pyridine rings is 1. The summed E-state index contributed by atoms with van der Waals surface area (Å²) in [5.74, 6) is -0.100. The summed E-state index contributed by atoms with van der Waals surface area (Å²) in [5, 5.41) is 2.83. The first-order valence-electron chi connectivity index (χ1n) is 8.62. The van der Waals surface area contributed by atoms with Crippen molar-refractivity contribution in [3.8, 4) is 0 Å². The number of carbonyl (C=O) groups excluding carboxylic acids is 1. The zero-order valence-electron chi connectivity index (χ0n) is 15.2. The average Bonchev–Trinajstić information content (AvgIpc) is 2.63. The van der Waals surface area contributed by atoms with E-state index in [0.717, 1.165) is 17.5 Å². The molecule has 0 aliphatic carbocycles. The van der Waals surface area contributed by atoms with E-state index in [9.17, 15) is 13.2 Å². The number of hydrogen-bond donors (Lipinski definition) is 1. The van der Waals surface area contributed by atoms with Gasteiger partial charge >= 0.3 is 0 Å². The number of aryl methyl sites for hydroxylation is 1. The highest BCUT2D eigenvalue weighted by atomic mass is 32.2. The molecule has 0 atom stereocenters. The molecule has 0 aliphatic rings. The van der Waals surface area contributed by atoms with Crippen molar-refractivity contribution in [2.24, 2.45) is 0 Å². The molecule has 2 aromatic rings. The molecule has 1 aromatic carbocycles. The lowest BCUT2D eigenvalue weighted by molar-refractivity contribution is -0.121. The average molecular weight is 375 g/mol. The maximum absolute atomic E-state index is 12.1. The molecule has 1 amide bonds. The van der Waals surface area contributed by atoms with Crippen LogP contribution in [0, 0.1) is 0 Å². The number of nitrogens with zero attached hydrogens (tertiary/aromatic N) is 2. The minimum atomic E-state index is -3.40. The first-order chi connectivity index (χ1) is 12.4. The Balaban J connectivity index is 1.88. The summed E-state index contributed by atoms with van der Waals surface area (Å²) in [5.41, 5.74) is 2.75. The Bertz CT molecular complexity index is 806. The number of anilines is 1. The first kappa shape index (κ1) is 19.9. The highest BCUT2D eigenvalue weighted by Crippen LogP contribution is 2.19. The third-order valence-electron chi connectivity index (χ3n) is 4.04. The molecule has 1 heterocycles. The van der Waals surface area contributed by atoms with E-state index in [1.165, 1.54) is 10.6 Å². The van der Waals surface area contributed by atoms with Crippen LogP contribution in [0.25, 0.3) is 0 Å². The molecule has 0 spiro atoms. The van der Waals surface area contributed by atoms with Crippen LogP contribution in [0.15, 0.2) is 48.8 Å². The van der Waals surface area contributed by atoms with Gasteiger partial charge in [-0.25, -0.2) is 8.42 Å². The Morgan fingerprint density at radius 1 is 1.08 bits per heavy atom. The fourth-order valence-corrected chi connectivity index (χ4v) is 3.52. The molecule has 0 fully saturated rings. The van der Waals surface area contributed by atoms with Crippen LogP contribution in [-0.2, 0) is 27.8 Å². The summed E-state index contributed by atoms with van der Waals surface area (Å²) in [6, 6.07) is 11.1. The van der Waals surface area contributed by atoms with E-state index < -0.39 is 10.0 Å². The minimum absolute atomic E-state index is 0.100. The van der Waals surface area contributed by atoms with Gasteiger partial charge in [0.05, 0.1) is 11.9 Å². The van der Waals surface area contributed by atoms with Crippen molar-refractivity contribution in [1.82, 2.24) is 10.3 Å². The molecule has 2 rings (SSSR count). The van der Waals surface area contributed by atoms with E-state index in [0.29, 0.717) is 18.7 Å². The van der Waals surface area contributed by atoms with Crippen LogP contribution in [0.5, 0.6) is 0 Å². The lowest BCUT2D eigenvalue weighted by Gasteiger charge is -2.22. The molecule has 0 bridgehead atoms. The van der Waals surface area contributed by atoms with Crippen LogP contribution < -0.4 is 9.62 Å². The Morgan fingerprint density at radius 3 is 2.31 bits per heavy atom. The maximum Gasteiger partial charge on any atom is 0.232 e. The fourth-order valence-electron chi connectivity index (χ4n) is 2.56. The van der Waals surface area contributed by atoms with E-state index >= 15 is 0 Å². The van der Waals surface area contributed by atoms with Crippen molar-refractivity contribution in [3.63, 3.8) is 0 Å². The van der Waals surface area contributed by atoms with Crippen molar-refractivity contribution in [2.75, 3.05) is 17.1 Å². The van der Waals surface area contributed by atoms with Crippen molar-refractivity contribution < 1.29 is 13.2 Å². The SMILES string of the molecule is CCc1ccc(N(CCCC(=O)NCc2ccncc2)S(C)(=O)=O)cc1. The molecule has 1 N–H and O–H groups in total. The van der Waals surface area contributed by atoms with Gasteiger partial charge in [0.25, 0.3) is 0 Å². The van der Waals surface area contributed by atoms with Gasteiger partial charge in [-0.2, -0.15) is 0 Å². The smallest absolute Gasteiger partial charge is 0.232 e. The lowest BCUT2D eigenvalue weighted by Crippen LogP contribution is -2.32. The molecule has 1 aromatic heterocycles. The van der Waals surface area contributed by atoms with E-state index in [4.69, 9.17) is 0 Å². The number of amides is 1. The first-order valence-corrected chi connectivity index (χ1v) is 10.5. The summed E-state index contributed by atoms with van der Waals surface area (Å²) in [6.45, 7) is 2.76. The van der Waals surface area contributed by atoms with Crippen LogP contribution in [0.1, 0.15) is 30.9 Å². The number of carbonyl (C=O) groups is 1. The molecular weight excluding hydrogens is 350 g/mol. The number of nitrogens with one attached hydrogen (secondary N) is 1. The van der Waals surface area contributed by atoms with E-state index in [1.807, 2.05) is 43.3 Å². The number of aromatic nitrogens is 1. The fraction of sp³-hybridized carbons (Fsp3) is 0.368. The highest BCUT2D eigenvalue weighted by Gasteiger charge is 2.17. The van der Waals surface area contributed by atoms with Gasteiger partial charge in [0, 0.05) is 31.9 Å². The molecule has 0 saturated carbocycles. The van der Waals surface area contributed by atoms with Crippen molar-refractivity contribution in [1.29, 1.82) is 0 Å². The molecule has 0 unspecified atom stereocenters. The molecule has 26 heavy (non-hydrogen) atoms. The van der Waals surface area contributed by atoms with Crippen LogP contribution >= 0.6 is 0 Å². The number of benzene rings is 1. The van der Waals surface area contributed by atoms with Gasteiger partial charge in [-0.15, -0.1) is 0 Å². The lowest BCUT2D eigenvalue weighted by atomic mass is 10.1. The normalized spacial score (nSPS) is 11.2. The van der Waals surface area contributed by atoms with Gasteiger partial charge in [0.2, 0.25) is 15.9 Å². The Labute approximate surface area is 155 Å². The monoisotopic (exact) mass is 375 g/mol. The minimum Gasteiger partial charge on any atom is -0.352 e. The predicted molar refractivity (Wildman–Crippen MR) is 103 cm³/mol. The quantitative estimate of drug-likeness (QED) is 0.730. The van der Waals surface area contributed by atoms with Crippen LogP contribution in [-0.4, -0.2) is 32.1 Å². The Kier molecular flexibility index (Phi) is 7.15. The van der Waals surface area contributed by atoms with Gasteiger partial charge in [-0.05, 0) is 48.2 Å². The zero-order valence-corrected chi connectivity index (χ0v) is 16.0. The summed E-state index contributed by atoms with van der Waals surface area (Å²) in [6.07, 6.45) is 6.15. The van der Waals surface area contributed by atoms with E-state index in [2.05, 4.69) is 10.3 Å². The summed E-state index contributed by atoms with van der Waals surface area (Å²) >= 11 is 0. The second-order valence-corrected chi connectivity index (χ2v) is 8.00. The molecule has 0 radical (unpaired) electrons. The third kappa shape index (κ3) is 6.15. The summed E-state index contributed by atoms with van der Waals surface area (Å²) in [4.78, 5) is 15.9.